The lowest BCUT2D eigenvalue weighted by atomic mass is 10.0. The molecule has 4 nitrogen and oxygen atoms in total. The molecule has 19 heavy (non-hydrogen) atoms. The Hall–Kier alpha value is -0.870. The molecule has 0 amide bonds. The highest BCUT2D eigenvalue weighted by molar-refractivity contribution is 5.06. The number of aromatic nitrogens is 1. The Kier molecular flexibility index (Phi) is 2.71. The summed E-state index contributed by atoms with van der Waals surface area (Å²) in [5, 5.41) is 0. The van der Waals surface area contributed by atoms with Crippen LogP contribution in [0.3, 0.4) is 0 Å². The molecule has 0 bridgehead atoms. The molecule has 1 aromatic heterocycles. The van der Waals surface area contributed by atoms with Crippen LogP contribution in [0.2, 0.25) is 0 Å². The maximum Gasteiger partial charge on any atom is 0.208 e. The first-order chi connectivity index (χ1) is 9.19. The third-order valence-electron chi connectivity index (χ3n) is 5.09. The first-order valence-electron chi connectivity index (χ1n) is 7.58. The summed E-state index contributed by atoms with van der Waals surface area (Å²) >= 11 is 0. The van der Waals surface area contributed by atoms with E-state index in [4.69, 9.17) is 4.42 Å². The lowest BCUT2D eigenvalue weighted by Crippen LogP contribution is -2.30. The summed E-state index contributed by atoms with van der Waals surface area (Å²) in [4.78, 5) is 9.76. The van der Waals surface area contributed by atoms with Crippen molar-refractivity contribution in [1.29, 1.82) is 0 Å². The average molecular weight is 261 g/mol. The van der Waals surface area contributed by atoms with Crippen LogP contribution in [0.4, 0.5) is 0 Å². The predicted octanol–water partition coefficient (Wildman–Crippen LogP) is 1.82. The summed E-state index contributed by atoms with van der Waals surface area (Å²) in [5.41, 5.74) is 1.04. The highest BCUT2D eigenvalue weighted by Gasteiger charge is 2.44. The van der Waals surface area contributed by atoms with Crippen LogP contribution in [0, 0.1) is 25.7 Å². The molecule has 3 heterocycles. The molecule has 2 saturated heterocycles. The maximum atomic E-state index is 5.70. The van der Waals surface area contributed by atoms with Crippen molar-refractivity contribution in [2.45, 2.75) is 39.3 Å². The molecular formula is C15H23N3O. The van der Waals surface area contributed by atoms with Crippen LogP contribution in [0.1, 0.15) is 30.2 Å². The van der Waals surface area contributed by atoms with Crippen molar-refractivity contribution in [1.82, 2.24) is 14.8 Å². The number of likely N-dealkylation sites (tertiary alicyclic amines) is 2. The molecule has 0 spiro atoms. The van der Waals surface area contributed by atoms with Crippen LogP contribution in [-0.4, -0.2) is 47.0 Å². The van der Waals surface area contributed by atoms with E-state index >= 15 is 0 Å². The minimum atomic E-state index is 0.887. The standard InChI is InChI=1S/C15H23N3O/c1-10-11(2)19-15(16-10)9-17-5-12-7-18(14-3-4-14)8-13(12)6-17/h12-14H,3-9H2,1-2H3. The molecule has 1 aliphatic carbocycles. The second-order valence-electron chi connectivity index (χ2n) is 6.65. The summed E-state index contributed by atoms with van der Waals surface area (Å²) in [7, 11) is 0. The minimum absolute atomic E-state index is 0.887. The number of aryl methyl sites for hydroxylation is 2. The van der Waals surface area contributed by atoms with Gasteiger partial charge in [-0.15, -0.1) is 0 Å². The molecule has 2 aliphatic heterocycles. The van der Waals surface area contributed by atoms with Gasteiger partial charge in [-0.3, -0.25) is 9.80 Å². The predicted molar refractivity (Wildman–Crippen MR) is 72.8 cm³/mol. The van der Waals surface area contributed by atoms with E-state index in [1.165, 1.54) is 39.0 Å². The number of rotatable bonds is 3. The normalized spacial score (nSPS) is 32.1. The summed E-state index contributed by atoms with van der Waals surface area (Å²) in [5.74, 6) is 3.64. The minimum Gasteiger partial charge on any atom is -0.444 e. The van der Waals surface area contributed by atoms with Gasteiger partial charge in [0.05, 0.1) is 12.2 Å². The van der Waals surface area contributed by atoms with Crippen LogP contribution in [0.25, 0.3) is 0 Å². The van der Waals surface area contributed by atoms with E-state index in [1.54, 1.807) is 0 Å². The zero-order valence-electron chi connectivity index (χ0n) is 11.9. The molecule has 0 N–H and O–H groups in total. The highest BCUT2D eigenvalue weighted by atomic mass is 16.4. The summed E-state index contributed by atoms with van der Waals surface area (Å²) in [6, 6.07) is 0.941. The fourth-order valence-corrected chi connectivity index (χ4v) is 3.79. The van der Waals surface area contributed by atoms with Gasteiger partial charge in [0, 0.05) is 32.2 Å². The second kappa shape index (κ2) is 4.32. The first-order valence-corrected chi connectivity index (χ1v) is 7.58. The van der Waals surface area contributed by atoms with Crippen LogP contribution in [-0.2, 0) is 6.54 Å². The van der Waals surface area contributed by atoms with Gasteiger partial charge in [0.1, 0.15) is 5.76 Å². The lowest BCUT2D eigenvalue weighted by Gasteiger charge is -2.19. The van der Waals surface area contributed by atoms with E-state index < -0.39 is 0 Å². The van der Waals surface area contributed by atoms with Crippen LogP contribution in [0.15, 0.2) is 4.42 Å². The Morgan fingerprint density at radius 3 is 2.32 bits per heavy atom. The topological polar surface area (TPSA) is 32.5 Å². The molecule has 4 rings (SSSR count). The van der Waals surface area contributed by atoms with Crippen LogP contribution >= 0.6 is 0 Å². The molecule has 2 atom stereocenters. The van der Waals surface area contributed by atoms with E-state index in [0.717, 1.165) is 41.8 Å². The van der Waals surface area contributed by atoms with Gasteiger partial charge in [0.2, 0.25) is 5.89 Å². The lowest BCUT2D eigenvalue weighted by molar-refractivity contribution is 0.230. The summed E-state index contributed by atoms with van der Waals surface area (Å²) in [6.07, 6.45) is 2.88. The van der Waals surface area contributed by atoms with E-state index in [2.05, 4.69) is 14.8 Å². The van der Waals surface area contributed by atoms with Gasteiger partial charge in [-0.1, -0.05) is 0 Å². The number of hydrogen-bond donors (Lipinski definition) is 0. The van der Waals surface area contributed by atoms with Crippen molar-refractivity contribution in [2.75, 3.05) is 26.2 Å². The molecule has 3 aliphatic rings. The molecule has 2 unspecified atom stereocenters. The number of fused-ring (bicyclic) bond motifs is 1. The van der Waals surface area contributed by atoms with Crippen molar-refractivity contribution < 1.29 is 4.42 Å². The fourth-order valence-electron chi connectivity index (χ4n) is 3.79. The van der Waals surface area contributed by atoms with Gasteiger partial charge < -0.3 is 4.42 Å². The van der Waals surface area contributed by atoms with Crippen molar-refractivity contribution in [3.8, 4) is 0 Å². The average Bonchev–Trinajstić information content (AvgIpc) is 2.93. The Balaban J connectivity index is 1.36. The zero-order chi connectivity index (χ0) is 13.0. The van der Waals surface area contributed by atoms with Crippen LogP contribution in [0.5, 0.6) is 0 Å². The smallest absolute Gasteiger partial charge is 0.208 e. The van der Waals surface area contributed by atoms with Gasteiger partial charge in [-0.05, 0) is 38.5 Å². The zero-order valence-corrected chi connectivity index (χ0v) is 11.9. The Morgan fingerprint density at radius 2 is 1.79 bits per heavy atom. The molecule has 104 valence electrons. The highest BCUT2D eigenvalue weighted by Crippen LogP contribution is 2.38. The molecule has 3 fully saturated rings. The molecule has 1 aromatic rings. The Morgan fingerprint density at radius 1 is 1.11 bits per heavy atom. The van der Waals surface area contributed by atoms with E-state index in [0.29, 0.717) is 0 Å². The SMILES string of the molecule is Cc1nc(CN2CC3CN(C4CC4)CC3C2)oc1C. The fraction of sp³-hybridized carbons (Fsp3) is 0.800. The maximum absolute atomic E-state index is 5.70. The van der Waals surface area contributed by atoms with Gasteiger partial charge in [-0.2, -0.15) is 0 Å². The van der Waals surface area contributed by atoms with Crippen LogP contribution < -0.4 is 0 Å². The molecule has 0 aromatic carbocycles. The first kappa shape index (κ1) is 11.9. The van der Waals surface area contributed by atoms with Gasteiger partial charge in [0.25, 0.3) is 0 Å². The monoisotopic (exact) mass is 261 g/mol. The van der Waals surface area contributed by atoms with Gasteiger partial charge in [0.15, 0.2) is 0 Å². The Labute approximate surface area is 114 Å². The van der Waals surface area contributed by atoms with E-state index in [1.807, 2.05) is 13.8 Å². The van der Waals surface area contributed by atoms with Crippen molar-refractivity contribution >= 4 is 0 Å². The third kappa shape index (κ3) is 2.21. The largest absolute Gasteiger partial charge is 0.444 e. The van der Waals surface area contributed by atoms with Crippen molar-refractivity contribution in [2.24, 2.45) is 11.8 Å². The van der Waals surface area contributed by atoms with E-state index in [9.17, 15) is 0 Å². The quantitative estimate of drug-likeness (QED) is 0.831. The Bertz CT molecular complexity index is 446. The second-order valence-corrected chi connectivity index (χ2v) is 6.65. The van der Waals surface area contributed by atoms with Gasteiger partial charge in [-0.25, -0.2) is 4.98 Å². The van der Waals surface area contributed by atoms with Crippen molar-refractivity contribution in [3.63, 3.8) is 0 Å². The number of nitrogens with zero attached hydrogens (tertiary/aromatic N) is 3. The molecule has 1 saturated carbocycles. The third-order valence-corrected chi connectivity index (χ3v) is 5.09. The number of oxazole rings is 1. The summed E-state index contributed by atoms with van der Waals surface area (Å²) < 4.78 is 5.70. The van der Waals surface area contributed by atoms with Crippen molar-refractivity contribution in [3.05, 3.63) is 17.3 Å². The van der Waals surface area contributed by atoms with E-state index in [-0.39, 0.29) is 0 Å². The molecule has 0 radical (unpaired) electrons. The molecule has 4 heteroatoms. The molecular weight excluding hydrogens is 238 g/mol. The van der Waals surface area contributed by atoms with Gasteiger partial charge >= 0.3 is 0 Å². The summed E-state index contributed by atoms with van der Waals surface area (Å²) in [6.45, 7) is 10.0. The number of hydrogen-bond acceptors (Lipinski definition) is 4.